The van der Waals surface area contributed by atoms with Gasteiger partial charge in [0, 0.05) is 19.7 Å². The molecule has 1 aliphatic heterocycles. The first kappa shape index (κ1) is 14.4. The van der Waals surface area contributed by atoms with E-state index < -0.39 is 23.9 Å². The molecule has 1 aromatic rings. The van der Waals surface area contributed by atoms with Crippen molar-refractivity contribution in [2.45, 2.75) is 6.04 Å². The molecule has 1 fully saturated rings. The average Bonchev–Trinajstić information content (AvgIpc) is 2.51. The molecule has 1 heterocycles. The Morgan fingerprint density at radius 2 is 1.57 bits per heavy atom. The first-order valence-electron chi connectivity index (χ1n) is 6.02. The van der Waals surface area contributed by atoms with Gasteiger partial charge in [0.05, 0.1) is 5.69 Å². The molecular weight excluding hydrogens is 272 g/mol. The van der Waals surface area contributed by atoms with Crippen molar-refractivity contribution in [1.82, 2.24) is 9.80 Å². The van der Waals surface area contributed by atoms with Gasteiger partial charge in [0.2, 0.25) is 6.04 Å². The van der Waals surface area contributed by atoms with Crippen molar-refractivity contribution in [2.24, 2.45) is 10.2 Å². The van der Waals surface area contributed by atoms with Crippen LogP contribution in [0, 0.1) is 12.3 Å². The number of benzene rings is 1. The molecule has 7 heteroatoms. The van der Waals surface area contributed by atoms with Crippen LogP contribution in [-0.4, -0.2) is 47.8 Å². The van der Waals surface area contributed by atoms with Crippen molar-refractivity contribution in [2.75, 3.05) is 14.1 Å². The Morgan fingerprint density at radius 1 is 1.05 bits per heavy atom. The lowest BCUT2D eigenvalue weighted by Crippen LogP contribution is -2.58. The second-order valence-electron chi connectivity index (χ2n) is 4.39. The van der Waals surface area contributed by atoms with Crippen LogP contribution in [-0.2, 0) is 9.59 Å². The fourth-order valence-corrected chi connectivity index (χ4v) is 1.73. The monoisotopic (exact) mass is 284 g/mol. The fraction of sp³-hybridized carbons (Fsp3) is 0.214. The molecule has 0 bridgehead atoms. The number of amides is 4. The van der Waals surface area contributed by atoms with Crippen molar-refractivity contribution in [3.8, 4) is 12.3 Å². The second-order valence-corrected chi connectivity index (χ2v) is 4.39. The van der Waals surface area contributed by atoms with Crippen LogP contribution >= 0.6 is 0 Å². The summed E-state index contributed by atoms with van der Waals surface area (Å²) in [7, 11) is 2.58. The van der Waals surface area contributed by atoms with Gasteiger partial charge in [0.25, 0.3) is 11.8 Å². The van der Waals surface area contributed by atoms with E-state index in [4.69, 9.17) is 6.42 Å². The molecule has 1 aromatic carbocycles. The minimum absolute atomic E-state index is 0.455. The maximum atomic E-state index is 11.9. The quantitative estimate of drug-likeness (QED) is 0.464. The summed E-state index contributed by atoms with van der Waals surface area (Å²) in [6.45, 7) is 0. The number of hydrogen-bond donors (Lipinski definition) is 0. The van der Waals surface area contributed by atoms with Crippen molar-refractivity contribution >= 4 is 23.5 Å². The zero-order valence-corrected chi connectivity index (χ0v) is 11.5. The van der Waals surface area contributed by atoms with E-state index in [0.29, 0.717) is 11.3 Å². The summed E-state index contributed by atoms with van der Waals surface area (Å²) in [5.74, 6) is 1.06. The maximum Gasteiger partial charge on any atom is 0.333 e. The zero-order chi connectivity index (χ0) is 15.6. The minimum Gasteiger partial charge on any atom is -0.271 e. The number of azo groups is 1. The molecule has 7 nitrogen and oxygen atoms in total. The molecule has 0 spiro atoms. The molecule has 1 saturated heterocycles. The summed E-state index contributed by atoms with van der Waals surface area (Å²) < 4.78 is 0. The molecule has 0 aliphatic carbocycles. The Kier molecular flexibility index (Phi) is 3.80. The molecule has 0 unspecified atom stereocenters. The number of imide groups is 2. The molecule has 106 valence electrons. The summed E-state index contributed by atoms with van der Waals surface area (Å²) in [4.78, 5) is 37.0. The Labute approximate surface area is 121 Å². The summed E-state index contributed by atoms with van der Waals surface area (Å²) in [6.07, 6.45) is 5.23. The minimum atomic E-state index is -1.34. The van der Waals surface area contributed by atoms with E-state index in [1.54, 1.807) is 24.3 Å². The second kappa shape index (κ2) is 5.54. The highest BCUT2D eigenvalue weighted by Crippen LogP contribution is 2.17. The van der Waals surface area contributed by atoms with Gasteiger partial charge < -0.3 is 0 Å². The number of nitrogens with zero attached hydrogens (tertiary/aromatic N) is 4. The normalized spacial score (nSPS) is 16.7. The summed E-state index contributed by atoms with van der Waals surface area (Å²) in [6, 6.07) is 4.55. The predicted molar refractivity (Wildman–Crippen MR) is 73.6 cm³/mol. The molecule has 2 rings (SSSR count). The Balaban J connectivity index is 2.22. The van der Waals surface area contributed by atoms with Crippen LogP contribution in [0.1, 0.15) is 5.56 Å². The molecule has 0 atom stereocenters. The van der Waals surface area contributed by atoms with Crippen molar-refractivity contribution in [3.05, 3.63) is 29.8 Å². The van der Waals surface area contributed by atoms with Crippen LogP contribution in [0.4, 0.5) is 10.5 Å². The standard InChI is InChI=1S/C14H12N4O3/c1-4-9-5-7-10(8-6-9)15-16-11-12(19)17(2)14(21)18(3)13(11)20/h1,5-8,11H,2-3H3/b16-15+. The topological polar surface area (TPSA) is 82.4 Å². The van der Waals surface area contributed by atoms with Crippen LogP contribution in [0.25, 0.3) is 0 Å². The SMILES string of the molecule is C#Cc1ccc(/N=N/C2C(=O)N(C)C(=O)N(C)C2=O)cc1. The van der Waals surface area contributed by atoms with Gasteiger partial charge >= 0.3 is 6.03 Å². The molecule has 21 heavy (non-hydrogen) atoms. The van der Waals surface area contributed by atoms with Crippen molar-refractivity contribution < 1.29 is 14.4 Å². The highest BCUT2D eigenvalue weighted by Gasteiger charge is 2.42. The average molecular weight is 284 g/mol. The number of barbiturate groups is 1. The smallest absolute Gasteiger partial charge is 0.271 e. The number of carbonyl (C=O) groups is 3. The van der Waals surface area contributed by atoms with E-state index in [1.165, 1.54) is 14.1 Å². The zero-order valence-electron chi connectivity index (χ0n) is 11.5. The molecule has 0 saturated carbocycles. The van der Waals surface area contributed by atoms with Gasteiger partial charge in [-0.15, -0.1) is 6.42 Å². The van der Waals surface area contributed by atoms with Crippen molar-refractivity contribution in [3.63, 3.8) is 0 Å². The first-order chi connectivity index (χ1) is 9.95. The third-order valence-corrected chi connectivity index (χ3v) is 3.03. The van der Waals surface area contributed by atoms with Crippen LogP contribution in [0.3, 0.4) is 0 Å². The van der Waals surface area contributed by atoms with Gasteiger partial charge in [-0.3, -0.25) is 19.4 Å². The highest BCUT2D eigenvalue weighted by molar-refractivity contribution is 6.18. The van der Waals surface area contributed by atoms with E-state index in [9.17, 15) is 14.4 Å². The number of likely N-dealkylation sites (N-methyl/N-ethyl adjacent to an activating group) is 2. The summed E-state index contributed by atoms with van der Waals surface area (Å²) in [5, 5.41) is 7.60. The lowest BCUT2D eigenvalue weighted by Gasteiger charge is -2.30. The van der Waals surface area contributed by atoms with E-state index in [0.717, 1.165) is 9.80 Å². The van der Waals surface area contributed by atoms with E-state index >= 15 is 0 Å². The molecule has 4 amide bonds. The number of rotatable bonds is 2. The van der Waals surface area contributed by atoms with E-state index in [2.05, 4.69) is 16.1 Å². The summed E-state index contributed by atoms with van der Waals surface area (Å²) in [5.41, 5.74) is 1.14. The Morgan fingerprint density at radius 3 is 2.05 bits per heavy atom. The summed E-state index contributed by atoms with van der Waals surface area (Å²) >= 11 is 0. The largest absolute Gasteiger partial charge is 0.333 e. The predicted octanol–water partition coefficient (Wildman–Crippen LogP) is 1.17. The van der Waals surface area contributed by atoms with Crippen LogP contribution in [0.15, 0.2) is 34.5 Å². The van der Waals surface area contributed by atoms with Crippen LogP contribution < -0.4 is 0 Å². The number of urea groups is 1. The lowest BCUT2D eigenvalue weighted by atomic mass is 10.2. The molecule has 0 aromatic heterocycles. The van der Waals surface area contributed by atoms with Gasteiger partial charge in [-0.05, 0) is 24.3 Å². The van der Waals surface area contributed by atoms with Crippen LogP contribution in [0.5, 0.6) is 0 Å². The van der Waals surface area contributed by atoms with Gasteiger partial charge in [-0.25, -0.2) is 4.79 Å². The van der Waals surface area contributed by atoms with Crippen LogP contribution in [0.2, 0.25) is 0 Å². The molecule has 0 radical (unpaired) electrons. The van der Waals surface area contributed by atoms with Crippen molar-refractivity contribution in [1.29, 1.82) is 0 Å². The van der Waals surface area contributed by atoms with Gasteiger partial charge in [-0.1, -0.05) is 5.92 Å². The number of hydrogen-bond acceptors (Lipinski definition) is 5. The van der Waals surface area contributed by atoms with Gasteiger partial charge in [-0.2, -0.15) is 10.2 Å². The Hall–Kier alpha value is -3.01. The van der Waals surface area contributed by atoms with E-state index in [1.807, 2.05) is 0 Å². The highest BCUT2D eigenvalue weighted by atomic mass is 16.2. The number of carbonyl (C=O) groups excluding carboxylic acids is 3. The lowest BCUT2D eigenvalue weighted by molar-refractivity contribution is -0.143. The van der Waals surface area contributed by atoms with Gasteiger partial charge in [0.1, 0.15) is 0 Å². The maximum absolute atomic E-state index is 11.9. The third-order valence-electron chi connectivity index (χ3n) is 3.03. The molecule has 1 aliphatic rings. The fourth-order valence-electron chi connectivity index (χ4n) is 1.73. The number of terminal acetylenes is 1. The third kappa shape index (κ3) is 2.65. The Bertz CT molecular complexity index is 648. The molecular formula is C14H12N4O3. The first-order valence-corrected chi connectivity index (χ1v) is 6.02. The van der Waals surface area contributed by atoms with E-state index in [-0.39, 0.29) is 0 Å². The van der Waals surface area contributed by atoms with Gasteiger partial charge in [0.15, 0.2) is 0 Å². The molecule has 0 N–H and O–H groups in total.